The zero-order valence-corrected chi connectivity index (χ0v) is 12.9. The molecule has 1 N–H and O–H groups in total. The van der Waals surface area contributed by atoms with Crippen molar-refractivity contribution < 1.29 is 5.11 Å². The average Bonchev–Trinajstić information content (AvgIpc) is 2.96. The third-order valence-corrected chi connectivity index (χ3v) is 6.25. The molecule has 1 aliphatic rings. The first-order valence-electron chi connectivity index (χ1n) is 6.45. The van der Waals surface area contributed by atoms with Crippen LogP contribution < -0.4 is 0 Å². The molecule has 1 aromatic heterocycles. The Morgan fingerprint density at radius 3 is 2.78 bits per heavy atom. The van der Waals surface area contributed by atoms with Crippen LogP contribution >= 0.6 is 27.3 Å². The molecule has 0 spiro atoms. The van der Waals surface area contributed by atoms with Crippen LogP contribution in [0, 0.1) is 5.41 Å². The van der Waals surface area contributed by atoms with Gasteiger partial charge in [0.2, 0.25) is 0 Å². The SMILES string of the molecule is CC1(C(O)c2csc3c(Br)cccc23)CCCC1. The maximum Gasteiger partial charge on any atom is 0.0857 e. The molecule has 96 valence electrons. The number of thiophene rings is 1. The van der Waals surface area contributed by atoms with Crippen LogP contribution in [0.3, 0.4) is 0 Å². The highest BCUT2D eigenvalue weighted by Gasteiger charge is 2.37. The number of aliphatic hydroxyl groups excluding tert-OH is 1. The second-order valence-corrected chi connectivity index (χ2v) is 7.31. The largest absolute Gasteiger partial charge is 0.388 e. The van der Waals surface area contributed by atoms with E-state index in [4.69, 9.17) is 0 Å². The summed E-state index contributed by atoms with van der Waals surface area (Å²) in [6.07, 6.45) is 4.44. The predicted molar refractivity (Wildman–Crippen MR) is 81.1 cm³/mol. The fraction of sp³-hybridized carbons (Fsp3) is 0.467. The van der Waals surface area contributed by atoms with Crippen molar-refractivity contribution in [1.29, 1.82) is 0 Å². The smallest absolute Gasteiger partial charge is 0.0857 e. The van der Waals surface area contributed by atoms with Crippen molar-refractivity contribution in [2.75, 3.05) is 0 Å². The Morgan fingerprint density at radius 2 is 2.06 bits per heavy atom. The summed E-state index contributed by atoms with van der Waals surface area (Å²) >= 11 is 5.30. The topological polar surface area (TPSA) is 20.2 Å². The molecule has 3 heteroatoms. The van der Waals surface area contributed by atoms with Gasteiger partial charge in [0.15, 0.2) is 0 Å². The van der Waals surface area contributed by atoms with Gasteiger partial charge < -0.3 is 5.11 Å². The number of rotatable bonds is 2. The molecule has 0 saturated heterocycles. The fourth-order valence-corrected chi connectivity index (χ4v) is 4.73. The van der Waals surface area contributed by atoms with E-state index in [9.17, 15) is 5.11 Å². The molecule has 0 bridgehead atoms. The monoisotopic (exact) mass is 324 g/mol. The summed E-state index contributed by atoms with van der Waals surface area (Å²) in [6.45, 7) is 2.23. The van der Waals surface area contributed by atoms with Gasteiger partial charge in [-0.25, -0.2) is 0 Å². The molecule has 1 aromatic carbocycles. The lowest BCUT2D eigenvalue weighted by molar-refractivity contribution is 0.0423. The van der Waals surface area contributed by atoms with Gasteiger partial charge in [0.05, 0.1) is 6.10 Å². The molecule has 18 heavy (non-hydrogen) atoms. The van der Waals surface area contributed by atoms with E-state index in [1.54, 1.807) is 11.3 Å². The van der Waals surface area contributed by atoms with Crippen LogP contribution in [0.15, 0.2) is 28.1 Å². The Morgan fingerprint density at radius 1 is 1.33 bits per heavy atom. The first kappa shape index (κ1) is 12.6. The number of benzene rings is 1. The number of aliphatic hydroxyl groups is 1. The lowest BCUT2D eigenvalue weighted by atomic mass is 9.79. The molecule has 1 fully saturated rings. The number of hydrogen-bond acceptors (Lipinski definition) is 2. The van der Waals surface area contributed by atoms with Crippen LogP contribution in [0.25, 0.3) is 10.1 Å². The van der Waals surface area contributed by atoms with Crippen LogP contribution in [-0.4, -0.2) is 5.11 Å². The molecule has 0 aliphatic heterocycles. The summed E-state index contributed by atoms with van der Waals surface area (Å²) in [5.41, 5.74) is 1.18. The Bertz CT molecular complexity index is 569. The summed E-state index contributed by atoms with van der Waals surface area (Å²) in [6, 6.07) is 6.23. The third-order valence-electron chi connectivity index (χ3n) is 4.28. The summed E-state index contributed by atoms with van der Waals surface area (Å²) < 4.78 is 2.37. The summed E-state index contributed by atoms with van der Waals surface area (Å²) in [7, 11) is 0. The van der Waals surface area contributed by atoms with Crippen molar-refractivity contribution in [3.63, 3.8) is 0 Å². The van der Waals surface area contributed by atoms with Crippen molar-refractivity contribution in [3.8, 4) is 0 Å². The van der Waals surface area contributed by atoms with Crippen LogP contribution in [0.5, 0.6) is 0 Å². The van der Waals surface area contributed by atoms with E-state index in [0.29, 0.717) is 0 Å². The van der Waals surface area contributed by atoms with Gasteiger partial charge in [-0.2, -0.15) is 0 Å². The average molecular weight is 325 g/mol. The first-order valence-corrected chi connectivity index (χ1v) is 8.13. The molecule has 2 aromatic rings. The highest BCUT2D eigenvalue weighted by molar-refractivity contribution is 9.10. The molecule has 3 rings (SSSR count). The predicted octanol–water partition coefficient (Wildman–Crippen LogP) is 5.28. The number of hydrogen-bond donors (Lipinski definition) is 1. The maximum absolute atomic E-state index is 10.7. The highest BCUT2D eigenvalue weighted by atomic mass is 79.9. The van der Waals surface area contributed by atoms with E-state index in [1.807, 2.05) is 6.07 Å². The second-order valence-electron chi connectivity index (χ2n) is 5.57. The summed E-state index contributed by atoms with van der Waals surface area (Å²) in [5.74, 6) is 0. The highest BCUT2D eigenvalue weighted by Crippen LogP contribution is 2.49. The minimum absolute atomic E-state index is 0.0658. The first-order chi connectivity index (χ1) is 8.62. The zero-order chi connectivity index (χ0) is 12.8. The normalized spacial score (nSPS) is 20.4. The number of fused-ring (bicyclic) bond motifs is 1. The van der Waals surface area contributed by atoms with Crippen molar-refractivity contribution in [3.05, 3.63) is 33.6 Å². The van der Waals surface area contributed by atoms with Crippen molar-refractivity contribution >= 4 is 37.4 Å². The van der Waals surface area contributed by atoms with Crippen LogP contribution in [0.1, 0.15) is 44.3 Å². The summed E-state index contributed by atoms with van der Waals surface area (Å²) in [4.78, 5) is 0. The van der Waals surface area contributed by atoms with E-state index in [2.05, 4.69) is 40.4 Å². The van der Waals surface area contributed by atoms with Crippen LogP contribution in [-0.2, 0) is 0 Å². The van der Waals surface area contributed by atoms with Gasteiger partial charge in [0, 0.05) is 9.17 Å². The fourth-order valence-electron chi connectivity index (χ4n) is 3.09. The molecule has 1 heterocycles. The van der Waals surface area contributed by atoms with Crippen molar-refractivity contribution in [2.24, 2.45) is 5.41 Å². The lowest BCUT2D eigenvalue weighted by Crippen LogP contribution is -2.21. The van der Waals surface area contributed by atoms with Gasteiger partial charge >= 0.3 is 0 Å². The Hall–Kier alpha value is -0.380. The van der Waals surface area contributed by atoms with E-state index >= 15 is 0 Å². The molecule has 0 amide bonds. The Labute approximate surface area is 120 Å². The van der Waals surface area contributed by atoms with Gasteiger partial charge in [-0.1, -0.05) is 31.9 Å². The van der Waals surface area contributed by atoms with Crippen molar-refractivity contribution in [2.45, 2.75) is 38.7 Å². The van der Waals surface area contributed by atoms with Crippen LogP contribution in [0.2, 0.25) is 0 Å². The second kappa shape index (κ2) is 4.62. The van der Waals surface area contributed by atoms with Crippen molar-refractivity contribution in [1.82, 2.24) is 0 Å². The number of halogens is 1. The van der Waals surface area contributed by atoms with Gasteiger partial charge in [-0.05, 0) is 56.6 Å². The Kier molecular flexibility index (Phi) is 3.25. The zero-order valence-electron chi connectivity index (χ0n) is 10.4. The minimum Gasteiger partial charge on any atom is -0.388 e. The maximum atomic E-state index is 10.7. The van der Waals surface area contributed by atoms with E-state index in [0.717, 1.165) is 22.9 Å². The molecule has 0 radical (unpaired) electrons. The van der Waals surface area contributed by atoms with Gasteiger partial charge in [-0.15, -0.1) is 11.3 Å². The molecule has 1 nitrogen and oxygen atoms in total. The van der Waals surface area contributed by atoms with Gasteiger partial charge in [0.1, 0.15) is 0 Å². The van der Waals surface area contributed by atoms with Gasteiger partial charge in [-0.3, -0.25) is 0 Å². The van der Waals surface area contributed by atoms with E-state index < -0.39 is 0 Å². The molecular weight excluding hydrogens is 308 g/mol. The molecular formula is C15H17BrOS. The quantitative estimate of drug-likeness (QED) is 0.797. The van der Waals surface area contributed by atoms with E-state index in [1.165, 1.54) is 22.9 Å². The molecule has 1 saturated carbocycles. The molecule has 1 unspecified atom stereocenters. The molecule has 1 atom stereocenters. The van der Waals surface area contributed by atoms with Crippen LogP contribution in [0.4, 0.5) is 0 Å². The summed E-state index contributed by atoms with van der Waals surface area (Å²) in [5, 5.41) is 14.1. The lowest BCUT2D eigenvalue weighted by Gasteiger charge is -2.29. The minimum atomic E-state index is -0.331. The Balaban J connectivity index is 2.07. The molecule has 1 aliphatic carbocycles. The van der Waals surface area contributed by atoms with E-state index in [-0.39, 0.29) is 11.5 Å². The third kappa shape index (κ3) is 1.93. The standard InChI is InChI=1S/C15H17BrOS/c1-15(7-2-3-8-15)14(17)11-9-18-13-10(11)5-4-6-12(13)16/h4-6,9,14,17H,2-3,7-8H2,1H3. The van der Waals surface area contributed by atoms with Gasteiger partial charge in [0.25, 0.3) is 0 Å².